The van der Waals surface area contributed by atoms with E-state index in [0.717, 1.165) is 55.9 Å². The molecular weight excluding hydrogens is 467 g/mol. The number of nitrogens with zero attached hydrogens (tertiary/aromatic N) is 1. The third-order valence-electron chi connectivity index (χ3n) is 7.60. The van der Waals surface area contributed by atoms with Crippen LogP contribution in [0.3, 0.4) is 0 Å². The Bertz CT molecular complexity index is 1240. The van der Waals surface area contributed by atoms with Gasteiger partial charge in [-0.1, -0.05) is 30.7 Å². The van der Waals surface area contributed by atoms with Crippen LogP contribution in [0, 0.1) is 5.82 Å². The number of piperidine rings is 1. The lowest BCUT2D eigenvalue weighted by Crippen LogP contribution is -2.33. The Morgan fingerprint density at radius 2 is 1.86 bits per heavy atom. The van der Waals surface area contributed by atoms with Gasteiger partial charge < -0.3 is 14.8 Å². The van der Waals surface area contributed by atoms with Crippen molar-refractivity contribution in [2.24, 2.45) is 0 Å². The third-order valence-corrected chi connectivity index (χ3v) is 7.60. The smallest absolute Gasteiger partial charge is 0.255 e. The van der Waals surface area contributed by atoms with Crippen molar-refractivity contribution in [1.82, 2.24) is 4.90 Å². The van der Waals surface area contributed by atoms with Gasteiger partial charge in [-0.2, -0.15) is 0 Å². The number of carbonyl (C=O) groups excluding carboxylic acids is 1. The number of carbonyl (C=O) groups is 1. The largest absolute Gasteiger partial charge is 0.497 e. The Kier molecular flexibility index (Phi) is 8.05. The molecule has 0 saturated carbocycles. The Morgan fingerprint density at radius 3 is 2.68 bits per heavy atom. The van der Waals surface area contributed by atoms with E-state index in [1.807, 2.05) is 24.3 Å². The minimum Gasteiger partial charge on any atom is -0.497 e. The number of para-hydroxylation sites is 1. The van der Waals surface area contributed by atoms with Crippen LogP contribution in [0.1, 0.15) is 58.6 Å². The van der Waals surface area contributed by atoms with Gasteiger partial charge in [0.2, 0.25) is 0 Å². The number of amides is 1. The van der Waals surface area contributed by atoms with Crippen molar-refractivity contribution < 1.29 is 18.7 Å². The average Bonchev–Trinajstić information content (AvgIpc) is 2.94. The molecule has 1 fully saturated rings. The Morgan fingerprint density at radius 1 is 1.03 bits per heavy atom. The normalized spacial score (nSPS) is 17.6. The van der Waals surface area contributed by atoms with Gasteiger partial charge in [0.1, 0.15) is 12.4 Å². The lowest BCUT2D eigenvalue weighted by atomic mass is 9.79. The van der Waals surface area contributed by atoms with Crippen LogP contribution < -0.4 is 14.8 Å². The molecule has 0 spiro atoms. The quantitative estimate of drug-likeness (QED) is 0.397. The highest BCUT2D eigenvalue weighted by Gasteiger charge is 2.23. The van der Waals surface area contributed by atoms with Crippen molar-refractivity contribution in [3.63, 3.8) is 0 Å². The zero-order chi connectivity index (χ0) is 25.6. The van der Waals surface area contributed by atoms with E-state index in [4.69, 9.17) is 9.47 Å². The molecule has 5 nitrogen and oxygen atoms in total. The van der Waals surface area contributed by atoms with Crippen LogP contribution in [0.2, 0.25) is 0 Å². The molecule has 5 rings (SSSR count). The average molecular weight is 503 g/mol. The number of rotatable bonds is 8. The summed E-state index contributed by atoms with van der Waals surface area (Å²) in [5.41, 5.74) is 4.80. The Labute approximate surface area is 218 Å². The highest BCUT2D eigenvalue weighted by molar-refractivity contribution is 6.04. The lowest BCUT2D eigenvalue weighted by Gasteiger charge is -2.27. The molecule has 37 heavy (non-hydrogen) atoms. The first kappa shape index (κ1) is 25.3. The summed E-state index contributed by atoms with van der Waals surface area (Å²) in [5.74, 6) is 0.526. The second-order valence-corrected chi connectivity index (χ2v) is 10.0. The molecule has 3 aromatic rings. The number of nitrogens with one attached hydrogen (secondary N) is 1. The summed E-state index contributed by atoms with van der Waals surface area (Å²) < 4.78 is 25.8. The van der Waals surface area contributed by atoms with Crippen LogP contribution in [0.4, 0.5) is 10.1 Å². The number of hydrogen-bond donors (Lipinski definition) is 1. The molecule has 6 heteroatoms. The Hall–Kier alpha value is -3.38. The number of hydrogen-bond acceptors (Lipinski definition) is 4. The fraction of sp³-hybridized carbons (Fsp3) is 0.387. The number of aryl methyl sites for hydroxylation is 1. The molecule has 2 aliphatic rings. The summed E-state index contributed by atoms with van der Waals surface area (Å²) in [6.45, 7) is 3.38. The minimum atomic E-state index is -0.515. The number of methoxy groups -OCH3 is 1. The first-order chi connectivity index (χ1) is 18.1. The van der Waals surface area contributed by atoms with Gasteiger partial charge >= 0.3 is 0 Å². The molecule has 1 amide bonds. The van der Waals surface area contributed by atoms with Gasteiger partial charge in [-0.25, -0.2) is 4.39 Å². The maximum Gasteiger partial charge on any atom is 0.255 e. The standard InChI is InChI=1S/C31H35FN2O3/c1-36-26-13-11-22-19-24(10-9-23(22)20-26)27-7-3-4-8-29(27)33-31(35)25-12-14-30(28(32)21-25)37-18-17-34-15-5-2-6-16-34/h3-4,7-8,11-14,20-21,24H,2,5-6,9-10,15-19H2,1H3,(H,33,35). The highest BCUT2D eigenvalue weighted by atomic mass is 19.1. The molecule has 194 valence electrons. The van der Waals surface area contributed by atoms with Gasteiger partial charge in [-0.05, 0) is 104 Å². The molecule has 1 atom stereocenters. The van der Waals surface area contributed by atoms with Gasteiger partial charge in [-0.15, -0.1) is 0 Å². The van der Waals surface area contributed by atoms with Gasteiger partial charge in [0, 0.05) is 17.8 Å². The SMILES string of the molecule is COc1ccc2c(c1)CCC(c1ccccc1NC(=O)c1ccc(OCCN3CCCCC3)c(F)c1)C2. The molecule has 1 unspecified atom stereocenters. The fourth-order valence-electron chi connectivity index (χ4n) is 5.51. The summed E-state index contributed by atoms with van der Waals surface area (Å²) >= 11 is 0. The predicted molar refractivity (Wildman–Crippen MR) is 144 cm³/mol. The molecule has 0 aromatic heterocycles. The van der Waals surface area contributed by atoms with Crippen molar-refractivity contribution in [1.29, 1.82) is 0 Å². The second-order valence-electron chi connectivity index (χ2n) is 10.0. The molecule has 0 radical (unpaired) electrons. The molecule has 3 aromatic carbocycles. The molecule has 1 N–H and O–H groups in total. The number of anilines is 1. The monoisotopic (exact) mass is 502 g/mol. The summed E-state index contributed by atoms with van der Waals surface area (Å²) in [4.78, 5) is 15.4. The molecule has 1 aliphatic heterocycles. The van der Waals surface area contributed by atoms with Crippen molar-refractivity contribution in [3.05, 3.63) is 88.7 Å². The zero-order valence-corrected chi connectivity index (χ0v) is 21.5. The van der Waals surface area contributed by atoms with Crippen molar-refractivity contribution >= 4 is 11.6 Å². The zero-order valence-electron chi connectivity index (χ0n) is 21.5. The van der Waals surface area contributed by atoms with Gasteiger partial charge in [0.15, 0.2) is 11.6 Å². The number of ether oxygens (including phenoxy) is 2. The van der Waals surface area contributed by atoms with Gasteiger partial charge in [-0.3, -0.25) is 9.69 Å². The molecule has 0 bridgehead atoms. The fourth-order valence-corrected chi connectivity index (χ4v) is 5.51. The number of halogens is 1. The predicted octanol–water partition coefficient (Wildman–Crippen LogP) is 6.22. The van der Waals surface area contributed by atoms with Crippen LogP contribution in [0.5, 0.6) is 11.5 Å². The summed E-state index contributed by atoms with van der Waals surface area (Å²) in [6, 6.07) is 18.6. The molecule has 1 saturated heterocycles. The van der Waals surface area contributed by atoms with E-state index in [9.17, 15) is 9.18 Å². The first-order valence-corrected chi connectivity index (χ1v) is 13.3. The summed E-state index contributed by atoms with van der Waals surface area (Å²) in [5, 5.41) is 3.03. The Balaban J connectivity index is 1.23. The van der Waals surface area contributed by atoms with Crippen molar-refractivity contribution in [2.75, 3.05) is 38.7 Å². The number of fused-ring (bicyclic) bond motifs is 1. The van der Waals surface area contributed by atoms with E-state index in [1.165, 1.54) is 36.5 Å². The third kappa shape index (κ3) is 6.13. The van der Waals surface area contributed by atoms with E-state index in [1.54, 1.807) is 19.2 Å². The van der Waals surface area contributed by atoms with E-state index >= 15 is 0 Å². The number of benzene rings is 3. The first-order valence-electron chi connectivity index (χ1n) is 13.3. The van der Waals surface area contributed by atoms with Crippen LogP contribution in [-0.2, 0) is 12.8 Å². The highest BCUT2D eigenvalue weighted by Crippen LogP contribution is 2.37. The van der Waals surface area contributed by atoms with Gasteiger partial charge in [0.25, 0.3) is 5.91 Å². The summed E-state index contributed by atoms with van der Waals surface area (Å²) in [6.07, 6.45) is 6.57. The number of likely N-dealkylation sites (tertiary alicyclic amines) is 1. The molecular formula is C31H35FN2O3. The lowest BCUT2D eigenvalue weighted by molar-refractivity contribution is 0.102. The van der Waals surface area contributed by atoms with Crippen LogP contribution in [0.15, 0.2) is 60.7 Å². The van der Waals surface area contributed by atoms with E-state index in [0.29, 0.717) is 12.5 Å². The van der Waals surface area contributed by atoms with E-state index in [2.05, 4.69) is 28.4 Å². The van der Waals surface area contributed by atoms with Crippen LogP contribution >= 0.6 is 0 Å². The maximum absolute atomic E-state index is 14.8. The minimum absolute atomic E-state index is 0.187. The topological polar surface area (TPSA) is 50.8 Å². The van der Waals surface area contributed by atoms with Gasteiger partial charge in [0.05, 0.1) is 7.11 Å². The summed E-state index contributed by atoms with van der Waals surface area (Å²) in [7, 11) is 1.69. The van der Waals surface area contributed by atoms with E-state index in [-0.39, 0.29) is 17.2 Å². The van der Waals surface area contributed by atoms with Crippen LogP contribution in [0.25, 0.3) is 0 Å². The van der Waals surface area contributed by atoms with Crippen molar-refractivity contribution in [2.45, 2.75) is 44.4 Å². The van der Waals surface area contributed by atoms with Crippen molar-refractivity contribution in [3.8, 4) is 11.5 Å². The second kappa shape index (κ2) is 11.8. The molecule has 1 heterocycles. The molecule has 1 aliphatic carbocycles. The maximum atomic E-state index is 14.8. The van der Waals surface area contributed by atoms with E-state index < -0.39 is 5.82 Å². The van der Waals surface area contributed by atoms with Crippen LogP contribution in [-0.4, -0.2) is 44.2 Å².